The number of rotatable bonds is 4. The highest BCUT2D eigenvalue weighted by Crippen LogP contribution is 2.19. The maximum Gasteiger partial charge on any atom is 0.306 e. The number of carbonyl (C=O) groups is 2. The molecule has 1 heterocycles. The minimum Gasteiger partial charge on any atom is -0.481 e. The zero-order valence-electron chi connectivity index (χ0n) is 12.4. The van der Waals surface area contributed by atoms with Crippen molar-refractivity contribution in [3.8, 4) is 5.75 Å². The number of amides is 1. The highest BCUT2D eigenvalue weighted by Gasteiger charge is 2.29. The molecule has 1 atom stereocenters. The fourth-order valence-electron chi connectivity index (χ4n) is 2.48. The van der Waals surface area contributed by atoms with Gasteiger partial charge in [-0.1, -0.05) is 17.7 Å². The number of likely N-dealkylation sites (tertiary alicyclic amines) is 1. The van der Waals surface area contributed by atoms with Crippen molar-refractivity contribution in [1.29, 1.82) is 0 Å². The first-order valence-electron chi connectivity index (χ1n) is 7.22. The normalized spacial score (nSPS) is 17.3. The second kappa shape index (κ2) is 6.61. The zero-order chi connectivity index (χ0) is 15.4. The van der Waals surface area contributed by atoms with Crippen LogP contribution in [0.25, 0.3) is 0 Å². The molecular formula is C16H21NO4. The Morgan fingerprint density at radius 2 is 1.81 bits per heavy atom. The Balaban J connectivity index is 1.88. The Morgan fingerprint density at radius 1 is 1.24 bits per heavy atom. The summed E-state index contributed by atoms with van der Waals surface area (Å²) < 4.78 is 5.65. The van der Waals surface area contributed by atoms with E-state index in [0.29, 0.717) is 31.7 Å². The van der Waals surface area contributed by atoms with Gasteiger partial charge in [-0.25, -0.2) is 0 Å². The summed E-state index contributed by atoms with van der Waals surface area (Å²) in [7, 11) is 0. The summed E-state index contributed by atoms with van der Waals surface area (Å²) in [6.45, 7) is 4.69. The topological polar surface area (TPSA) is 66.8 Å². The van der Waals surface area contributed by atoms with Crippen LogP contribution in [-0.4, -0.2) is 41.1 Å². The van der Waals surface area contributed by atoms with Gasteiger partial charge in [0.1, 0.15) is 5.75 Å². The van der Waals surface area contributed by atoms with Gasteiger partial charge >= 0.3 is 5.97 Å². The first-order valence-corrected chi connectivity index (χ1v) is 7.22. The van der Waals surface area contributed by atoms with Crippen LogP contribution in [0.1, 0.15) is 25.3 Å². The van der Waals surface area contributed by atoms with E-state index in [0.717, 1.165) is 5.56 Å². The quantitative estimate of drug-likeness (QED) is 0.922. The average Bonchev–Trinajstić information content (AvgIpc) is 2.49. The molecule has 0 unspecified atom stereocenters. The van der Waals surface area contributed by atoms with Gasteiger partial charge in [-0.05, 0) is 38.8 Å². The van der Waals surface area contributed by atoms with Crippen LogP contribution < -0.4 is 4.74 Å². The summed E-state index contributed by atoms with van der Waals surface area (Å²) in [5.41, 5.74) is 1.14. The molecule has 1 amide bonds. The number of nitrogens with zero attached hydrogens (tertiary/aromatic N) is 1. The lowest BCUT2D eigenvalue weighted by Crippen LogP contribution is -2.45. The smallest absolute Gasteiger partial charge is 0.306 e. The first-order chi connectivity index (χ1) is 9.97. The molecule has 1 aromatic rings. The summed E-state index contributed by atoms with van der Waals surface area (Å²) in [5.74, 6) is -0.519. The molecule has 21 heavy (non-hydrogen) atoms. The monoisotopic (exact) mass is 291 g/mol. The Hall–Kier alpha value is -2.04. The molecule has 1 aliphatic heterocycles. The van der Waals surface area contributed by atoms with Gasteiger partial charge in [-0.2, -0.15) is 0 Å². The van der Waals surface area contributed by atoms with E-state index in [1.807, 2.05) is 31.2 Å². The maximum absolute atomic E-state index is 12.3. The highest BCUT2D eigenvalue weighted by molar-refractivity contribution is 5.81. The van der Waals surface area contributed by atoms with E-state index in [1.54, 1.807) is 11.8 Å². The van der Waals surface area contributed by atoms with Crippen LogP contribution >= 0.6 is 0 Å². The summed E-state index contributed by atoms with van der Waals surface area (Å²) >= 11 is 0. The number of carboxylic acids is 1. The number of aliphatic carboxylic acids is 1. The van der Waals surface area contributed by atoms with Crippen LogP contribution in [0.15, 0.2) is 24.3 Å². The van der Waals surface area contributed by atoms with Crippen LogP contribution in [0.3, 0.4) is 0 Å². The standard InChI is InChI=1S/C16H21NO4/c1-11-3-5-14(6-4-11)21-12(2)15(18)17-9-7-13(8-10-17)16(19)20/h3-6,12-13H,7-10H2,1-2H3,(H,19,20)/t12-/m1/s1. The molecule has 1 aliphatic rings. The molecule has 1 saturated heterocycles. The minimum atomic E-state index is -0.772. The van der Waals surface area contributed by atoms with Crippen molar-refractivity contribution in [2.24, 2.45) is 5.92 Å². The average molecular weight is 291 g/mol. The molecule has 0 spiro atoms. The summed E-state index contributed by atoms with van der Waals surface area (Å²) in [6.07, 6.45) is 0.463. The van der Waals surface area contributed by atoms with Gasteiger partial charge in [0.15, 0.2) is 6.10 Å². The van der Waals surface area contributed by atoms with Crippen molar-refractivity contribution >= 4 is 11.9 Å². The fourth-order valence-corrected chi connectivity index (χ4v) is 2.48. The van der Waals surface area contributed by atoms with Crippen molar-refractivity contribution in [1.82, 2.24) is 4.90 Å². The number of aryl methyl sites for hydroxylation is 1. The van der Waals surface area contributed by atoms with Crippen LogP contribution in [0, 0.1) is 12.8 Å². The van der Waals surface area contributed by atoms with Gasteiger partial charge in [0.05, 0.1) is 5.92 Å². The molecule has 5 heteroatoms. The Kier molecular flexibility index (Phi) is 4.83. The van der Waals surface area contributed by atoms with Crippen LogP contribution in [-0.2, 0) is 9.59 Å². The van der Waals surface area contributed by atoms with Gasteiger partial charge < -0.3 is 14.7 Å². The van der Waals surface area contributed by atoms with Crippen LogP contribution in [0.2, 0.25) is 0 Å². The number of hydrogen-bond donors (Lipinski definition) is 1. The molecule has 1 fully saturated rings. The third kappa shape index (κ3) is 3.97. The predicted octanol–water partition coefficient (Wildman–Crippen LogP) is 2.09. The fraction of sp³-hybridized carbons (Fsp3) is 0.500. The van der Waals surface area contributed by atoms with E-state index in [9.17, 15) is 9.59 Å². The number of carbonyl (C=O) groups excluding carboxylic acids is 1. The van der Waals surface area contributed by atoms with Crippen molar-refractivity contribution in [2.45, 2.75) is 32.8 Å². The largest absolute Gasteiger partial charge is 0.481 e. The van der Waals surface area contributed by atoms with Crippen LogP contribution in [0.4, 0.5) is 0 Å². The van der Waals surface area contributed by atoms with Crippen molar-refractivity contribution in [3.05, 3.63) is 29.8 Å². The van der Waals surface area contributed by atoms with Gasteiger partial charge in [0.25, 0.3) is 5.91 Å². The second-order valence-corrected chi connectivity index (χ2v) is 5.51. The van der Waals surface area contributed by atoms with E-state index < -0.39 is 12.1 Å². The third-order valence-electron chi connectivity index (χ3n) is 3.84. The van der Waals surface area contributed by atoms with E-state index in [1.165, 1.54) is 0 Å². The van der Waals surface area contributed by atoms with Gasteiger partial charge in [0, 0.05) is 13.1 Å². The third-order valence-corrected chi connectivity index (χ3v) is 3.84. The number of benzene rings is 1. The SMILES string of the molecule is Cc1ccc(O[C@H](C)C(=O)N2CCC(C(=O)O)CC2)cc1. The lowest BCUT2D eigenvalue weighted by atomic mass is 9.97. The molecule has 0 aromatic heterocycles. The molecule has 0 aliphatic carbocycles. The summed E-state index contributed by atoms with van der Waals surface area (Å²) in [4.78, 5) is 24.9. The molecule has 114 valence electrons. The maximum atomic E-state index is 12.3. The number of hydrogen-bond acceptors (Lipinski definition) is 3. The van der Waals surface area contributed by atoms with E-state index in [2.05, 4.69) is 0 Å². The van der Waals surface area contributed by atoms with E-state index in [4.69, 9.17) is 9.84 Å². The highest BCUT2D eigenvalue weighted by atomic mass is 16.5. The number of piperidine rings is 1. The molecule has 0 radical (unpaired) electrons. The molecule has 2 rings (SSSR count). The molecule has 1 N–H and O–H groups in total. The van der Waals surface area contributed by atoms with Crippen LogP contribution in [0.5, 0.6) is 5.75 Å². The van der Waals surface area contributed by atoms with Gasteiger partial charge in [-0.15, -0.1) is 0 Å². The lowest BCUT2D eigenvalue weighted by Gasteiger charge is -2.32. The van der Waals surface area contributed by atoms with Gasteiger partial charge in [0.2, 0.25) is 0 Å². The second-order valence-electron chi connectivity index (χ2n) is 5.51. The molecule has 1 aromatic carbocycles. The van der Waals surface area contributed by atoms with Crippen molar-refractivity contribution < 1.29 is 19.4 Å². The predicted molar refractivity (Wildman–Crippen MR) is 78.2 cm³/mol. The molecular weight excluding hydrogens is 270 g/mol. The Bertz CT molecular complexity index is 504. The summed E-state index contributed by atoms with van der Waals surface area (Å²) in [5, 5.41) is 8.96. The Labute approximate surface area is 124 Å². The minimum absolute atomic E-state index is 0.0839. The lowest BCUT2D eigenvalue weighted by molar-refractivity contribution is -0.147. The van der Waals surface area contributed by atoms with E-state index >= 15 is 0 Å². The molecule has 5 nitrogen and oxygen atoms in total. The zero-order valence-corrected chi connectivity index (χ0v) is 12.4. The number of carboxylic acid groups (broad SMARTS) is 1. The first kappa shape index (κ1) is 15.4. The van der Waals surface area contributed by atoms with Crippen molar-refractivity contribution in [3.63, 3.8) is 0 Å². The summed E-state index contributed by atoms with van der Waals surface area (Å²) in [6, 6.07) is 7.56. The Morgan fingerprint density at radius 3 is 2.33 bits per heavy atom. The van der Waals surface area contributed by atoms with Crippen molar-refractivity contribution in [2.75, 3.05) is 13.1 Å². The number of ether oxygens (including phenoxy) is 1. The van der Waals surface area contributed by atoms with E-state index in [-0.39, 0.29) is 11.8 Å². The van der Waals surface area contributed by atoms with Gasteiger partial charge in [-0.3, -0.25) is 9.59 Å². The molecule has 0 bridgehead atoms. The molecule has 0 saturated carbocycles.